The van der Waals surface area contributed by atoms with Crippen LogP contribution in [0.1, 0.15) is 32.1 Å². The number of rotatable bonds is 4. The average Bonchev–Trinajstić information content (AvgIpc) is 2.95. The lowest BCUT2D eigenvalue weighted by Crippen LogP contribution is -2.16. The van der Waals surface area contributed by atoms with Crippen LogP contribution in [-0.2, 0) is 9.47 Å². The average molecular weight is 182 g/mol. The topological polar surface area (TPSA) is 21.8 Å². The summed E-state index contributed by atoms with van der Waals surface area (Å²) >= 11 is 0. The molecule has 1 saturated carbocycles. The molecule has 1 aliphatic carbocycles. The maximum Gasteiger partial charge on any atom is 0.118 e. The van der Waals surface area contributed by atoms with Crippen LogP contribution < -0.4 is 0 Å². The zero-order chi connectivity index (χ0) is 9.10. The Morgan fingerprint density at radius 2 is 2.08 bits per heavy atom. The largest absolute Gasteiger partial charge is 0.499 e. The van der Waals surface area contributed by atoms with Gasteiger partial charge in [0.25, 0.3) is 0 Å². The van der Waals surface area contributed by atoms with E-state index >= 15 is 0 Å². The Morgan fingerprint density at radius 3 is 2.77 bits per heavy atom. The van der Waals surface area contributed by atoms with E-state index in [2.05, 4.69) is 6.58 Å². The number of ether oxygens (including phenoxy) is 2. The van der Waals surface area contributed by atoms with Crippen molar-refractivity contribution < 1.29 is 9.47 Å². The predicted octanol–water partition coefficient (Wildman–Crippen LogP) is 2.49. The lowest BCUT2D eigenvalue weighted by atomic mass is 9.86. The van der Waals surface area contributed by atoms with Gasteiger partial charge in [0.15, 0.2) is 0 Å². The molecule has 0 spiro atoms. The molecule has 2 fully saturated rings. The van der Waals surface area contributed by atoms with E-state index in [1.54, 1.807) is 0 Å². The first-order chi connectivity index (χ1) is 6.42. The highest BCUT2D eigenvalue weighted by molar-refractivity contribution is 4.91. The highest BCUT2D eigenvalue weighted by atomic mass is 16.6. The molecule has 1 heterocycles. The van der Waals surface area contributed by atoms with Crippen molar-refractivity contribution in [2.45, 2.75) is 44.3 Å². The number of epoxide rings is 1. The first-order valence-electron chi connectivity index (χ1n) is 5.30. The molecule has 0 bridgehead atoms. The third-order valence-corrected chi connectivity index (χ3v) is 3.11. The fourth-order valence-electron chi connectivity index (χ4n) is 2.33. The Morgan fingerprint density at radius 1 is 1.31 bits per heavy atom. The van der Waals surface area contributed by atoms with Crippen molar-refractivity contribution >= 4 is 0 Å². The summed E-state index contributed by atoms with van der Waals surface area (Å²) in [6.07, 6.45) is 9.27. The highest BCUT2D eigenvalue weighted by Crippen LogP contribution is 2.38. The Balaban J connectivity index is 1.68. The van der Waals surface area contributed by atoms with Crippen molar-refractivity contribution in [2.24, 2.45) is 5.92 Å². The second kappa shape index (κ2) is 4.14. The fourth-order valence-corrected chi connectivity index (χ4v) is 2.33. The van der Waals surface area contributed by atoms with E-state index in [0.29, 0.717) is 18.8 Å². The quantitative estimate of drug-likeness (QED) is 0.492. The van der Waals surface area contributed by atoms with E-state index in [0.717, 1.165) is 5.92 Å². The predicted molar refractivity (Wildman–Crippen MR) is 51.4 cm³/mol. The maximum absolute atomic E-state index is 5.59. The van der Waals surface area contributed by atoms with Crippen LogP contribution >= 0.6 is 0 Å². The molecular formula is C11H18O2. The van der Waals surface area contributed by atoms with Gasteiger partial charge >= 0.3 is 0 Å². The van der Waals surface area contributed by atoms with Crippen molar-refractivity contribution in [1.82, 2.24) is 0 Å². The molecule has 2 rings (SSSR count). The molecule has 2 nitrogen and oxygen atoms in total. The van der Waals surface area contributed by atoms with Gasteiger partial charge in [0.2, 0.25) is 0 Å². The van der Waals surface area contributed by atoms with Crippen LogP contribution in [0.4, 0.5) is 0 Å². The highest BCUT2D eigenvalue weighted by Gasteiger charge is 2.44. The summed E-state index contributed by atoms with van der Waals surface area (Å²) in [5.74, 6) is 0.812. The molecule has 74 valence electrons. The van der Waals surface area contributed by atoms with Gasteiger partial charge < -0.3 is 9.47 Å². The molecule has 0 aromatic heterocycles. The fraction of sp³-hybridized carbons (Fsp3) is 0.818. The van der Waals surface area contributed by atoms with E-state index in [4.69, 9.17) is 9.47 Å². The number of hydrogen-bond acceptors (Lipinski definition) is 2. The van der Waals surface area contributed by atoms with Gasteiger partial charge in [-0.2, -0.15) is 0 Å². The normalized spacial score (nSPS) is 34.2. The van der Waals surface area contributed by atoms with Crippen molar-refractivity contribution in [1.29, 1.82) is 0 Å². The zero-order valence-electron chi connectivity index (χ0n) is 8.08. The molecule has 1 saturated heterocycles. The summed E-state index contributed by atoms with van der Waals surface area (Å²) in [6, 6.07) is 0. The Labute approximate surface area is 79.9 Å². The molecule has 2 aliphatic rings. The lowest BCUT2D eigenvalue weighted by molar-refractivity contribution is 0.209. The minimum Gasteiger partial charge on any atom is -0.499 e. The van der Waals surface area contributed by atoms with E-state index in [1.165, 1.54) is 38.4 Å². The van der Waals surface area contributed by atoms with Gasteiger partial charge in [-0.15, -0.1) is 0 Å². The van der Waals surface area contributed by atoms with Crippen LogP contribution in [0.2, 0.25) is 0 Å². The van der Waals surface area contributed by atoms with Gasteiger partial charge in [0.05, 0.1) is 12.4 Å². The molecule has 1 aliphatic heterocycles. The molecule has 2 unspecified atom stereocenters. The van der Waals surface area contributed by atoms with Crippen molar-refractivity contribution in [3.05, 3.63) is 12.8 Å². The Kier molecular flexibility index (Phi) is 2.89. The van der Waals surface area contributed by atoms with Gasteiger partial charge in [-0.1, -0.05) is 25.8 Å². The smallest absolute Gasteiger partial charge is 0.118 e. The van der Waals surface area contributed by atoms with Crippen molar-refractivity contribution in [3.8, 4) is 0 Å². The zero-order valence-corrected chi connectivity index (χ0v) is 8.08. The molecule has 0 aromatic carbocycles. The van der Waals surface area contributed by atoms with Gasteiger partial charge in [-0.05, 0) is 18.8 Å². The van der Waals surface area contributed by atoms with E-state index in [1.807, 2.05) is 0 Å². The summed E-state index contributed by atoms with van der Waals surface area (Å²) < 4.78 is 10.7. The Hall–Kier alpha value is -0.500. The SMILES string of the molecule is C=COCC1OC1C1CCCCC1. The number of hydrogen-bond donors (Lipinski definition) is 0. The van der Waals surface area contributed by atoms with E-state index in [-0.39, 0.29) is 0 Å². The van der Waals surface area contributed by atoms with E-state index < -0.39 is 0 Å². The van der Waals surface area contributed by atoms with E-state index in [9.17, 15) is 0 Å². The van der Waals surface area contributed by atoms with Crippen LogP contribution in [-0.4, -0.2) is 18.8 Å². The van der Waals surface area contributed by atoms with Crippen LogP contribution in [0.5, 0.6) is 0 Å². The summed E-state index contributed by atoms with van der Waals surface area (Å²) in [6.45, 7) is 4.22. The minimum atomic E-state index is 0.362. The minimum absolute atomic E-state index is 0.362. The van der Waals surface area contributed by atoms with Crippen LogP contribution in [0.15, 0.2) is 12.8 Å². The van der Waals surface area contributed by atoms with Gasteiger partial charge in [-0.3, -0.25) is 0 Å². The van der Waals surface area contributed by atoms with Crippen LogP contribution in [0.25, 0.3) is 0 Å². The van der Waals surface area contributed by atoms with Gasteiger partial charge in [0.1, 0.15) is 12.7 Å². The third-order valence-electron chi connectivity index (χ3n) is 3.11. The summed E-state index contributed by atoms with van der Waals surface area (Å²) in [5.41, 5.74) is 0. The maximum atomic E-state index is 5.59. The molecule has 13 heavy (non-hydrogen) atoms. The molecule has 2 heteroatoms. The summed E-state index contributed by atoms with van der Waals surface area (Å²) in [5, 5.41) is 0. The third kappa shape index (κ3) is 2.25. The first kappa shape index (κ1) is 9.07. The van der Waals surface area contributed by atoms with Crippen LogP contribution in [0.3, 0.4) is 0 Å². The summed E-state index contributed by atoms with van der Waals surface area (Å²) in [4.78, 5) is 0. The second-order valence-corrected chi connectivity index (χ2v) is 4.04. The molecule has 0 radical (unpaired) electrons. The molecular weight excluding hydrogens is 164 g/mol. The first-order valence-corrected chi connectivity index (χ1v) is 5.30. The monoisotopic (exact) mass is 182 g/mol. The molecule has 0 amide bonds. The van der Waals surface area contributed by atoms with Crippen molar-refractivity contribution in [3.63, 3.8) is 0 Å². The Bertz CT molecular complexity index is 173. The summed E-state index contributed by atoms with van der Waals surface area (Å²) in [7, 11) is 0. The van der Waals surface area contributed by atoms with Gasteiger partial charge in [0, 0.05) is 0 Å². The molecule has 0 aromatic rings. The molecule has 2 atom stereocenters. The standard InChI is InChI=1S/C11H18O2/c1-2-12-8-10-11(13-10)9-6-4-3-5-7-9/h2,9-11H,1,3-8H2. The lowest BCUT2D eigenvalue weighted by Gasteiger charge is -2.19. The van der Waals surface area contributed by atoms with Gasteiger partial charge in [-0.25, -0.2) is 0 Å². The van der Waals surface area contributed by atoms with Crippen molar-refractivity contribution in [2.75, 3.05) is 6.61 Å². The molecule has 0 N–H and O–H groups in total. The second-order valence-electron chi connectivity index (χ2n) is 4.04. The van der Waals surface area contributed by atoms with Crippen LogP contribution in [0, 0.1) is 5.92 Å².